The largest absolute Gasteiger partial charge is 0.368 e. The number of aryl methyl sites for hydroxylation is 1. The lowest BCUT2D eigenvalue weighted by atomic mass is 9.96. The molecule has 6 heteroatoms. The molecule has 2 atom stereocenters. The van der Waals surface area contributed by atoms with Crippen LogP contribution >= 0.6 is 0 Å². The van der Waals surface area contributed by atoms with Crippen LogP contribution in [0.15, 0.2) is 24.3 Å². The number of carbonyl (C=O) groups is 2. The van der Waals surface area contributed by atoms with Crippen LogP contribution in [0.2, 0.25) is 0 Å². The molecular formula is C18H26N4O2. The summed E-state index contributed by atoms with van der Waals surface area (Å²) < 4.78 is 0. The quantitative estimate of drug-likeness (QED) is 0.878. The summed E-state index contributed by atoms with van der Waals surface area (Å²) in [4.78, 5) is 27.3. The van der Waals surface area contributed by atoms with Gasteiger partial charge in [-0.3, -0.25) is 4.79 Å². The van der Waals surface area contributed by atoms with E-state index in [0.717, 1.165) is 25.8 Å². The second-order valence-electron chi connectivity index (χ2n) is 6.80. The third-order valence-corrected chi connectivity index (χ3v) is 5.11. The normalized spacial score (nSPS) is 23.0. The number of primary amides is 1. The smallest absolute Gasteiger partial charge is 0.314 e. The Morgan fingerprint density at radius 1 is 1.29 bits per heavy atom. The lowest BCUT2D eigenvalue weighted by molar-refractivity contribution is -0.121. The molecule has 0 aliphatic carbocycles. The first-order chi connectivity index (χ1) is 11.5. The van der Waals surface area contributed by atoms with Crippen LogP contribution in [0, 0.1) is 0 Å². The van der Waals surface area contributed by atoms with Gasteiger partial charge in [-0.05, 0) is 37.8 Å². The minimum Gasteiger partial charge on any atom is -0.368 e. The van der Waals surface area contributed by atoms with Crippen LogP contribution < -0.4 is 16.0 Å². The summed E-state index contributed by atoms with van der Waals surface area (Å²) in [5.41, 5.74) is 7.89. The van der Waals surface area contributed by atoms with E-state index in [4.69, 9.17) is 5.73 Å². The van der Waals surface area contributed by atoms with E-state index in [0.29, 0.717) is 25.6 Å². The molecule has 0 radical (unpaired) electrons. The number of hydrogen-bond donors (Lipinski definition) is 2. The monoisotopic (exact) mass is 330 g/mol. The Kier molecular flexibility index (Phi) is 4.92. The molecule has 3 rings (SSSR count). The van der Waals surface area contributed by atoms with Gasteiger partial charge in [-0.15, -0.1) is 0 Å². The molecule has 2 aliphatic rings. The average Bonchev–Trinajstić information content (AvgIpc) is 3.02. The number of anilines is 1. The van der Waals surface area contributed by atoms with Crippen LogP contribution in [0.3, 0.4) is 0 Å². The summed E-state index contributed by atoms with van der Waals surface area (Å²) in [6, 6.07) is 8.51. The van der Waals surface area contributed by atoms with Crippen LogP contribution in [-0.2, 0) is 11.2 Å². The van der Waals surface area contributed by atoms with E-state index in [1.54, 1.807) is 4.90 Å². The molecule has 0 saturated carbocycles. The Balaban J connectivity index is 1.52. The highest BCUT2D eigenvalue weighted by atomic mass is 16.2. The van der Waals surface area contributed by atoms with Crippen molar-refractivity contribution in [3.63, 3.8) is 0 Å². The maximum Gasteiger partial charge on any atom is 0.314 e. The van der Waals surface area contributed by atoms with Crippen molar-refractivity contribution < 1.29 is 9.59 Å². The second kappa shape index (κ2) is 7.11. The van der Waals surface area contributed by atoms with Crippen LogP contribution in [0.4, 0.5) is 10.5 Å². The molecule has 2 aliphatic heterocycles. The van der Waals surface area contributed by atoms with Crippen LogP contribution in [0.5, 0.6) is 0 Å². The third kappa shape index (κ3) is 3.63. The number of nitrogens with two attached hydrogens (primary N) is 1. The maximum atomic E-state index is 12.3. The fourth-order valence-electron chi connectivity index (χ4n) is 3.70. The Bertz CT molecular complexity index is 619. The Morgan fingerprint density at radius 2 is 2.08 bits per heavy atom. The number of likely N-dealkylation sites (tertiary alicyclic amines) is 1. The highest BCUT2D eigenvalue weighted by Gasteiger charge is 2.27. The molecule has 3 amide bonds. The molecule has 0 bridgehead atoms. The first-order valence-corrected chi connectivity index (χ1v) is 8.73. The van der Waals surface area contributed by atoms with Crippen LogP contribution in [0.25, 0.3) is 0 Å². The van der Waals surface area contributed by atoms with Gasteiger partial charge in [-0.1, -0.05) is 18.2 Å². The fourth-order valence-corrected chi connectivity index (χ4v) is 3.70. The predicted molar refractivity (Wildman–Crippen MR) is 93.9 cm³/mol. The molecule has 0 spiro atoms. The van der Waals surface area contributed by atoms with Crippen molar-refractivity contribution in [2.24, 2.45) is 5.73 Å². The third-order valence-electron chi connectivity index (χ3n) is 5.11. The molecule has 1 aromatic rings. The van der Waals surface area contributed by atoms with E-state index in [-0.39, 0.29) is 11.9 Å². The minimum atomic E-state index is -0.412. The second-order valence-corrected chi connectivity index (χ2v) is 6.80. The van der Waals surface area contributed by atoms with Crippen molar-refractivity contribution in [3.05, 3.63) is 29.8 Å². The van der Waals surface area contributed by atoms with Gasteiger partial charge in [0.2, 0.25) is 5.91 Å². The minimum absolute atomic E-state index is 0.0241. The number of amides is 3. The molecule has 1 aromatic carbocycles. The average molecular weight is 330 g/mol. The molecular weight excluding hydrogens is 304 g/mol. The Hall–Kier alpha value is -2.24. The zero-order valence-corrected chi connectivity index (χ0v) is 14.2. The van der Waals surface area contributed by atoms with E-state index < -0.39 is 6.03 Å². The van der Waals surface area contributed by atoms with Gasteiger partial charge in [0.25, 0.3) is 0 Å². The number of nitrogens with one attached hydrogen (secondary N) is 1. The van der Waals surface area contributed by atoms with E-state index in [2.05, 4.69) is 41.4 Å². The lowest BCUT2D eigenvalue weighted by Gasteiger charge is -2.37. The van der Waals surface area contributed by atoms with Crippen LogP contribution in [-0.4, -0.2) is 48.6 Å². The summed E-state index contributed by atoms with van der Waals surface area (Å²) in [6.07, 6.45) is 3.46. The zero-order valence-electron chi connectivity index (χ0n) is 14.2. The Morgan fingerprint density at radius 3 is 2.83 bits per heavy atom. The van der Waals surface area contributed by atoms with Gasteiger partial charge in [-0.25, -0.2) is 4.79 Å². The number of fused-ring (bicyclic) bond motifs is 1. The zero-order chi connectivity index (χ0) is 17.1. The summed E-state index contributed by atoms with van der Waals surface area (Å²) in [6.45, 7) is 4.08. The van der Waals surface area contributed by atoms with Crippen molar-refractivity contribution in [1.82, 2.24) is 10.2 Å². The molecule has 2 heterocycles. The van der Waals surface area contributed by atoms with E-state index in [1.807, 2.05) is 0 Å². The number of carbonyl (C=O) groups excluding carboxylic acids is 2. The highest BCUT2D eigenvalue weighted by Crippen LogP contribution is 2.30. The van der Waals surface area contributed by atoms with Gasteiger partial charge in [0.1, 0.15) is 0 Å². The summed E-state index contributed by atoms with van der Waals surface area (Å²) in [5, 5.41) is 3.03. The maximum absolute atomic E-state index is 12.3. The van der Waals surface area contributed by atoms with Gasteiger partial charge >= 0.3 is 6.03 Å². The molecule has 0 aromatic heterocycles. The topological polar surface area (TPSA) is 78.7 Å². The van der Waals surface area contributed by atoms with E-state index in [1.165, 1.54) is 11.3 Å². The SMILES string of the molecule is C[C@@H]1CCc2ccccc2N1CCC(=O)N[C@H]1CCN(C(N)=O)C1. The molecule has 1 saturated heterocycles. The number of rotatable bonds is 4. The number of benzene rings is 1. The van der Waals surface area contributed by atoms with Crippen molar-refractivity contribution in [1.29, 1.82) is 0 Å². The van der Waals surface area contributed by atoms with E-state index >= 15 is 0 Å². The number of para-hydroxylation sites is 1. The first-order valence-electron chi connectivity index (χ1n) is 8.73. The molecule has 3 N–H and O–H groups in total. The fraction of sp³-hybridized carbons (Fsp3) is 0.556. The van der Waals surface area contributed by atoms with Gasteiger partial charge < -0.3 is 20.9 Å². The van der Waals surface area contributed by atoms with Gasteiger partial charge in [-0.2, -0.15) is 0 Å². The molecule has 1 fully saturated rings. The summed E-state index contributed by atoms with van der Waals surface area (Å²) >= 11 is 0. The van der Waals surface area contributed by atoms with Crippen LogP contribution in [0.1, 0.15) is 31.7 Å². The lowest BCUT2D eigenvalue weighted by Crippen LogP contribution is -2.43. The number of hydrogen-bond acceptors (Lipinski definition) is 3. The molecule has 130 valence electrons. The van der Waals surface area contributed by atoms with E-state index in [9.17, 15) is 9.59 Å². The van der Waals surface area contributed by atoms with Crippen molar-refractivity contribution in [3.8, 4) is 0 Å². The van der Waals surface area contributed by atoms with Gasteiger partial charge in [0, 0.05) is 43.8 Å². The van der Waals surface area contributed by atoms with Crippen molar-refractivity contribution in [2.75, 3.05) is 24.5 Å². The Labute approximate surface area is 143 Å². The molecule has 0 unspecified atom stereocenters. The standard InChI is InChI=1S/C18H26N4O2/c1-13-6-7-14-4-2-3-5-16(14)22(13)11-9-17(23)20-15-8-10-21(12-15)18(19)24/h2-5,13,15H,6-12H2,1H3,(H2,19,24)(H,20,23)/t13-,15+/m1/s1. The van der Waals surface area contributed by atoms with Gasteiger partial charge in [0.15, 0.2) is 0 Å². The summed E-state index contributed by atoms with van der Waals surface area (Å²) in [5.74, 6) is 0.0431. The van der Waals surface area contributed by atoms with Gasteiger partial charge in [0.05, 0.1) is 0 Å². The van der Waals surface area contributed by atoms with Crippen molar-refractivity contribution in [2.45, 2.75) is 44.7 Å². The molecule has 24 heavy (non-hydrogen) atoms. The number of urea groups is 1. The van der Waals surface area contributed by atoms with Crippen molar-refractivity contribution >= 4 is 17.6 Å². The number of nitrogens with zero attached hydrogens (tertiary/aromatic N) is 2. The first kappa shape index (κ1) is 16.6. The molecule has 6 nitrogen and oxygen atoms in total. The highest BCUT2D eigenvalue weighted by molar-refractivity contribution is 5.77. The predicted octanol–water partition coefficient (Wildman–Crippen LogP) is 1.49. The summed E-state index contributed by atoms with van der Waals surface area (Å²) in [7, 11) is 0.